The zero-order chi connectivity index (χ0) is 18.9. The van der Waals surface area contributed by atoms with Crippen molar-refractivity contribution < 1.29 is 9.53 Å². The number of aromatic nitrogens is 1. The molecule has 0 atom stereocenters. The van der Waals surface area contributed by atoms with Crippen molar-refractivity contribution >= 4 is 17.2 Å². The lowest BCUT2D eigenvalue weighted by Crippen LogP contribution is -2.32. The number of carbonyl (C=O) groups excluding carboxylic acids is 1. The van der Waals surface area contributed by atoms with E-state index >= 15 is 0 Å². The van der Waals surface area contributed by atoms with E-state index in [1.54, 1.807) is 24.6 Å². The summed E-state index contributed by atoms with van der Waals surface area (Å²) in [5.41, 5.74) is 2.20. The Morgan fingerprint density at radius 2 is 1.93 bits per heavy atom. The number of amides is 1. The summed E-state index contributed by atoms with van der Waals surface area (Å²) < 4.78 is 5.19. The molecule has 0 saturated heterocycles. The van der Waals surface area contributed by atoms with Gasteiger partial charge in [0.05, 0.1) is 7.11 Å². The van der Waals surface area contributed by atoms with E-state index in [2.05, 4.69) is 22.5 Å². The molecule has 0 N–H and O–H groups in total. The van der Waals surface area contributed by atoms with E-state index < -0.39 is 0 Å². The first-order valence-corrected chi connectivity index (χ1v) is 9.94. The van der Waals surface area contributed by atoms with Gasteiger partial charge in [-0.15, -0.1) is 11.3 Å². The van der Waals surface area contributed by atoms with Gasteiger partial charge in [0.15, 0.2) is 0 Å². The minimum absolute atomic E-state index is 0.172. The van der Waals surface area contributed by atoms with Crippen LogP contribution in [-0.2, 0) is 24.2 Å². The molecule has 1 amide bonds. The number of aryl methyl sites for hydroxylation is 1. The summed E-state index contributed by atoms with van der Waals surface area (Å²) in [7, 11) is 1.66. The highest BCUT2D eigenvalue weighted by Crippen LogP contribution is 2.15. The quantitative estimate of drug-likeness (QED) is 0.554. The molecule has 140 valence electrons. The molecule has 0 fully saturated rings. The fourth-order valence-electron chi connectivity index (χ4n) is 2.91. The van der Waals surface area contributed by atoms with Crippen LogP contribution < -0.4 is 4.74 Å². The number of hydrogen-bond donors (Lipinski definition) is 0. The summed E-state index contributed by atoms with van der Waals surface area (Å²) in [5.74, 6) is 1.01. The molecule has 0 aliphatic rings. The number of carbonyl (C=O) groups is 1. The maximum Gasteiger partial charge on any atom is 0.223 e. The molecule has 2 aromatic heterocycles. The third kappa shape index (κ3) is 5.93. The number of ether oxygens (including phenoxy) is 1. The molecule has 0 unspecified atom stereocenters. The fourth-order valence-corrected chi connectivity index (χ4v) is 3.60. The van der Waals surface area contributed by atoms with Gasteiger partial charge in [-0.2, -0.15) is 0 Å². The average molecular weight is 381 g/mol. The van der Waals surface area contributed by atoms with Crippen LogP contribution >= 0.6 is 11.3 Å². The summed E-state index contributed by atoms with van der Waals surface area (Å²) >= 11 is 1.73. The van der Waals surface area contributed by atoms with E-state index in [1.165, 1.54) is 4.88 Å². The van der Waals surface area contributed by atoms with Crippen molar-refractivity contribution in [2.45, 2.75) is 25.8 Å². The normalized spacial score (nSPS) is 10.6. The third-order valence-corrected chi connectivity index (χ3v) is 5.38. The van der Waals surface area contributed by atoms with Gasteiger partial charge in [-0.1, -0.05) is 24.3 Å². The Labute approximate surface area is 164 Å². The SMILES string of the molecule is COc1ccc(CCC(=O)N(CCc2cccs2)Cc2cccnc2)cc1. The molecule has 4 nitrogen and oxygen atoms in total. The Morgan fingerprint density at radius 3 is 2.59 bits per heavy atom. The van der Waals surface area contributed by atoms with E-state index in [0.717, 1.165) is 36.3 Å². The molecule has 0 spiro atoms. The van der Waals surface area contributed by atoms with Crippen LogP contribution in [0.2, 0.25) is 0 Å². The van der Waals surface area contributed by atoms with Gasteiger partial charge in [-0.05, 0) is 53.6 Å². The lowest BCUT2D eigenvalue weighted by atomic mass is 10.1. The summed E-state index contributed by atoms with van der Waals surface area (Å²) in [4.78, 5) is 20.3. The number of benzene rings is 1. The number of methoxy groups -OCH3 is 1. The summed E-state index contributed by atoms with van der Waals surface area (Å²) in [6, 6.07) is 16.0. The molecule has 0 aliphatic carbocycles. The standard InChI is InChI=1S/C22H24N2O2S/c1-26-20-9-6-18(7-10-20)8-11-22(25)24(14-12-21-5-3-15-27-21)17-19-4-2-13-23-16-19/h2-7,9-10,13,15-16H,8,11-12,14,17H2,1H3. The zero-order valence-electron chi connectivity index (χ0n) is 15.5. The highest BCUT2D eigenvalue weighted by Gasteiger charge is 2.14. The van der Waals surface area contributed by atoms with Gasteiger partial charge in [0, 0.05) is 36.8 Å². The maximum atomic E-state index is 12.9. The Kier molecular flexibility index (Phi) is 6.99. The number of pyridine rings is 1. The van der Waals surface area contributed by atoms with E-state index in [-0.39, 0.29) is 5.91 Å². The predicted octanol–water partition coefficient (Wildman–Crippen LogP) is 4.36. The minimum Gasteiger partial charge on any atom is -0.497 e. The van der Waals surface area contributed by atoms with Gasteiger partial charge in [0.2, 0.25) is 5.91 Å². The average Bonchev–Trinajstić information content (AvgIpc) is 3.24. The van der Waals surface area contributed by atoms with E-state index in [4.69, 9.17) is 4.74 Å². The second kappa shape index (κ2) is 9.88. The monoisotopic (exact) mass is 380 g/mol. The summed E-state index contributed by atoms with van der Waals surface area (Å²) in [5, 5.41) is 2.08. The first-order valence-electron chi connectivity index (χ1n) is 9.06. The van der Waals surface area contributed by atoms with E-state index in [9.17, 15) is 4.79 Å². The van der Waals surface area contributed by atoms with Crippen molar-refractivity contribution in [2.24, 2.45) is 0 Å². The first-order chi connectivity index (χ1) is 13.2. The molecular weight excluding hydrogens is 356 g/mol. The van der Waals surface area contributed by atoms with Crippen LogP contribution in [0.15, 0.2) is 66.3 Å². The minimum atomic E-state index is 0.172. The Bertz CT molecular complexity index is 817. The molecule has 0 bridgehead atoms. The molecule has 0 aliphatic heterocycles. The lowest BCUT2D eigenvalue weighted by Gasteiger charge is -2.23. The van der Waals surface area contributed by atoms with Crippen LogP contribution in [0.5, 0.6) is 5.75 Å². The summed E-state index contributed by atoms with van der Waals surface area (Å²) in [6.45, 7) is 1.32. The van der Waals surface area contributed by atoms with Crippen molar-refractivity contribution in [3.05, 3.63) is 82.3 Å². The largest absolute Gasteiger partial charge is 0.497 e. The molecular formula is C22H24N2O2S. The van der Waals surface area contributed by atoms with Crippen LogP contribution in [-0.4, -0.2) is 29.4 Å². The molecule has 3 aromatic rings. The predicted molar refractivity (Wildman–Crippen MR) is 109 cm³/mol. The lowest BCUT2D eigenvalue weighted by molar-refractivity contribution is -0.131. The maximum absolute atomic E-state index is 12.9. The first kappa shape index (κ1) is 19.1. The number of rotatable bonds is 9. The van der Waals surface area contributed by atoms with Gasteiger partial charge >= 0.3 is 0 Å². The third-order valence-electron chi connectivity index (χ3n) is 4.44. The highest BCUT2D eigenvalue weighted by molar-refractivity contribution is 7.09. The van der Waals surface area contributed by atoms with Gasteiger partial charge in [0.1, 0.15) is 5.75 Å². The van der Waals surface area contributed by atoms with Crippen molar-refractivity contribution in [1.29, 1.82) is 0 Å². The van der Waals surface area contributed by atoms with Crippen LogP contribution in [0.3, 0.4) is 0 Å². The zero-order valence-corrected chi connectivity index (χ0v) is 16.3. The molecule has 1 aromatic carbocycles. The Hall–Kier alpha value is -2.66. The number of nitrogens with zero attached hydrogens (tertiary/aromatic N) is 2. The van der Waals surface area contributed by atoms with Crippen LogP contribution in [0, 0.1) is 0 Å². The van der Waals surface area contributed by atoms with Crippen LogP contribution in [0.1, 0.15) is 22.4 Å². The van der Waals surface area contributed by atoms with Gasteiger partial charge in [0.25, 0.3) is 0 Å². The van der Waals surface area contributed by atoms with Gasteiger partial charge < -0.3 is 9.64 Å². The molecule has 5 heteroatoms. The molecule has 0 radical (unpaired) electrons. The molecule has 27 heavy (non-hydrogen) atoms. The second-order valence-corrected chi connectivity index (χ2v) is 7.39. The Balaban J connectivity index is 1.61. The van der Waals surface area contributed by atoms with Gasteiger partial charge in [-0.25, -0.2) is 0 Å². The topological polar surface area (TPSA) is 42.4 Å². The van der Waals surface area contributed by atoms with E-state index in [1.807, 2.05) is 47.5 Å². The van der Waals surface area contributed by atoms with Crippen molar-refractivity contribution in [3.8, 4) is 5.75 Å². The molecule has 3 rings (SSSR count). The molecule has 0 saturated carbocycles. The number of hydrogen-bond acceptors (Lipinski definition) is 4. The second-order valence-electron chi connectivity index (χ2n) is 6.35. The van der Waals surface area contributed by atoms with Crippen molar-refractivity contribution in [1.82, 2.24) is 9.88 Å². The smallest absolute Gasteiger partial charge is 0.223 e. The van der Waals surface area contributed by atoms with Crippen molar-refractivity contribution in [3.63, 3.8) is 0 Å². The number of thiophene rings is 1. The van der Waals surface area contributed by atoms with Crippen LogP contribution in [0.4, 0.5) is 0 Å². The Morgan fingerprint density at radius 1 is 1.07 bits per heavy atom. The molecule has 2 heterocycles. The van der Waals surface area contributed by atoms with E-state index in [0.29, 0.717) is 13.0 Å². The summed E-state index contributed by atoms with van der Waals surface area (Å²) in [6.07, 6.45) is 5.69. The van der Waals surface area contributed by atoms with Gasteiger partial charge in [-0.3, -0.25) is 9.78 Å². The fraction of sp³-hybridized carbons (Fsp3) is 0.273. The highest BCUT2D eigenvalue weighted by atomic mass is 32.1. The van der Waals surface area contributed by atoms with Crippen LogP contribution in [0.25, 0.3) is 0 Å². The van der Waals surface area contributed by atoms with Crippen molar-refractivity contribution in [2.75, 3.05) is 13.7 Å².